The summed E-state index contributed by atoms with van der Waals surface area (Å²) < 4.78 is 14.9. The molecule has 0 spiro atoms. The first-order valence-corrected chi connectivity index (χ1v) is 11.9. The Morgan fingerprint density at radius 1 is 1.28 bits per heavy atom. The van der Waals surface area contributed by atoms with E-state index in [1.54, 1.807) is 11.8 Å². The Bertz CT molecular complexity index is 1350. The summed E-state index contributed by atoms with van der Waals surface area (Å²) in [5, 5.41) is 8.49. The van der Waals surface area contributed by atoms with Gasteiger partial charge < -0.3 is 14.8 Å². The normalized spacial score (nSPS) is 15.5. The molecule has 0 fully saturated rings. The lowest BCUT2D eigenvalue weighted by Gasteiger charge is -2.25. The van der Waals surface area contributed by atoms with Crippen molar-refractivity contribution in [2.45, 2.75) is 26.2 Å². The summed E-state index contributed by atoms with van der Waals surface area (Å²) in [6, 6.07) is 11.7. The van der Waals surface area contributed by atoms with Gasteiger partial charge in [0.05, 0.1) is 29.6 Å². The van der Waals surface area contributed by atoms with Gasteiger partial charge in [0.15, 0.2) is 0 Å². The highest BCUT2D eigenvalue weighted by atomic mass is 79.9. The van der Waals surface area contributed by atoms with Gasteiger partial charge in [-0.2, -0.15) is 9.78 Å². The van der Waals surface area contributed by atoms with Crippen molar-refractivity contribution in [3.63, 3.8) is 0 Å². The third-order valence-corrected chi connectivity index (χ3v) is 7.00. The van der Waals surface area contributed by atoms with Crippen molar-refractivity contribution < 1.29 is 14.3 Å². The van der Waals surface area contributed by atoms with Crippen LogP contribution in [0.2, 0.25) is 0 Å². The summed E-state index contributed by atoms with van der Waals surface area (Å²) in [6.45, 7) is 4.53. The van der Waals surface area contributed by atoms with E-state index in [4.69, 9.17) is 19.6 Å². The molecular formula is C23H21BrN4O3S. The molecule has 1 unspecified atom stereocenters. The Balaban J connectivity index is 1.64. The van der Waals surface area contributed by atoms with Crippen molar-refractivity contribution in [1.29, 1.82) is 0 Å². The first kappa shape index (κ1) is 21.0. The minimum Gasteiger partial charge on any atom is -0.496 e. The van der Waals surface area contributed by atoms with Gasteiger partial charge in [0.1, 0.15) is 17.3 Å². The number of halogens is 1. The van der Waals surface area contributed by atoms with Crippen LogP contribution < -0.4 is 14.8 Å². The third kappa shape index (κ3) is 3.55. The number of anilines is 1. The number of carbonyl (C=O) groups is 1. The van der Waals surface area contributed by atoms with Crippen LogP contribution in [0.4, 0.5) is 5.82 Å². The fraction of sp³-hybridized carbons (Fsp3) is 0.261. The second kappa shape index (κ2) is 8.22. The zero-order chi connectivity index (χ0) is 22.4. The van der Waals surface area contributed by atoms with Gasteiger partial charge in [0, 0.05) is 27.9 Å². The molecule has 164 valence electrons. The SMILES string of the molecule is CCOc1ccc2nc(-n3nc(C)c4c3NC(=O)CC4c3cc(Br)ccc3OC)sc2c1. The van der Waals surface area contributed by atoms with E-state index in [2.05, 4.69) is 21.2 Å². The van der Waals surface area contributed by atoms with E-state index in [-0.39, 0.29) is 11.8 Å². The molecule has 1 N–H and O–H groups in total. The molecule has 0 aliphatic carbocycles. The van der Waals surface area contributed by atoms with Crippen LogP contribution in [-0.2, 0) is 4.79 Å². The monoisotopic (exact) mass is 512 g/mol. The molecule has 3 heterocycles. The number of benzene rings is 2. The van der Waals surface area contributed by atoms with E-state index in [1.807, 2.05) is 50.2 Å². The zero-order valence-corrected chi connectivity index (χ0v) is 20.2. The molecule has 4 aromatic rings. The predicted octanol–water partition coefficient (Wildman–Crippen LogP) is 5.43. The van der Waals surface area contributed by atoms with Crippen LogP contribution in [0.3, 0.4) is 0 Å². The topological polar surface area (TPSA) is 78.3 Å². The minimum atomic E-state index is -0.168. The molecule has 2 aromatic carbocycles. The summed E-state index contributed by atoms with van der Waals surface area (Å²) in [5.41, 5.74) is 3.64. The Morgan fingerprint density at radius 3 is 2.91 bits per heavy atom. The molecule has 1 atom stereocenters. The number of aromatic nitrogens is 3. The maximum absolute atomic E-state index is 12.7. The van der Waals surface area contributed by atoms with Crippen LogP contribution in [0.15, 0.2) is 40.9 Å². The molecule has 0 bridgehead atoms. The second-order valence-electron chi connectivity index (χ2n) is 7.51. The van der Waals surface area contributed by atoms with Crippen LogP contribution in [0.5, 0.6) is 11.5 Å². The Kier molecular flexibility index (Phi) is 5.38. The number of amides is 1. The first-order valence-electron chi connectivity index (χ1n) is 10.2. The number of thiazole rings is 1. The van der Waals surface area contributed by atoms with Crippen molar-refractivity contribution >= 4 is 49.2 Å². The summed E-state index contributed by atoms with van der Waals surface area (Å²) in [7, 11) is 1.64. The zero-order valence-electron chi connectivity index (χ0n) is 17.8. The smallest absolute Gasteiger partial charge is 0.226 e. The van der Waals surface area contributed by atoms with Crippen molar-refractivity contribution in [2.24, 2.45) is 0 Å². The van der Waals surface area contributed by atoms with Crippen molar-refractivity contribution in [3.05, 3.63) is 57.7 Å². The molecular weight excluding hydrogens is 492 g/mol. The number of ether oxygens (including phenoxy) is 2. The van der Waals surface area contributed by atoms with Gasteiger partial charge in [-0.25, -0.2) is 4.98 Å². The molecule has 7 nitrogen and oxygen atoms in total. The molecule has 9 heteroatoms. The maximum atomic E-state index is 12.7. The molecule has 0 saturated heterocycles. The second-order valence-corrected chi connectivity index (χ2v) is 9.43. The van der Waals surface area contributed by atoms with Gasteiger partial charge in [-0.15, -0.1) is 0 Å². The predicted molar refractivity (Wildman–Crippen MR) is 128 cm³/mol. The van der Waals surface area contributed by atoms with Gasteiger partial charge in [-0.05, 0) is 50.2 Å². The van der Waals surface area contributed by atoms with Crippen molar-refractivity contribution in [1.82, 2.24) is 14.8 Å². The number of methoxy groups -OCH3 is 1. The highest BCUT2D eigenvalue weighted by Crippen LogP contribution is 2.44. The third-order valence-electron chi connectivity index (χ3n) is 5.51. The highest BCUT2D eigenvalue weighted by molar-refractivity contribution is 9.10. The summed E-state index contributed by atoms with van der Waals surface area (Å²) in [5.74, 6) is 1.98. The van der Waals surface area contributed by atoms with Gasteiger partial charge >= 0.3 is 0 Å². The number of nitrogens with zero attached hydrogens (tertiary/aromatic N) is 3. The highest BCUT2D eigenvalue weighted by Gasteiger charge is 2.34. The summed E-state index contributed by atoms with van der Waals surface area (Å²) in [6.07, 6.45) is 0.323. The average Bonchev–Trinajstić information content (AvgIpc) is 3.34. The van der Waals surface area contributed by atoms with E-state index in [0.29, 0.717) is 24.0 Å². The molecule has 2 aromatic heterocycles. The fourth-order valence-electron chi connectivity index (χ4n) is 4.17. The number of aryl methyl sites for hydroxylation is 1. The molecule has 1 aliphatic heterocycles. The van der Waals surface area contributed by atoms with E-state index in [1.165, 1.54) is 11.3 Å². The van der Waals surface area contributed by atoms with Gasteiger partial charge in [0.2, 0.25) is 11.0 Å². The van der Waals surface area contributed by atoms with Crippen LogP contribution >= 0.6 is 27.3 Å². The van der Waals surface area contributed by atoms with Gasteiger partial charge in [-0.1, -0.05) is 27.3 Å². The lowest BCUT2D eigenvalue weighted by molar-refractivity contribution is -0.116. The van der Waals surface area contributed by atoms with Gasteiger partial charge in [0.25, 0.3) is 0 Å². The number of carbonyl (C=O) groups excluding carboxylic acids is 1. The van der Waals surface area contributed by atoms with Crippen LogP contribution in [0.1, 0.15) is 36.1 Å². The van der Waals surface area contributed by atoms with Crippen LogP contribution in [0.25, 0.3) is 15.3 Å². The molecule has 32 heavy (non-hydrogen) atoms. The summed E-state index contributed by atoms with van der Waals surface area (Å²) in [4.78, 5) is 17.5. The minimum absolute atomic E-state index is 0.0644. The molecule has 0 saturated carbocycles. The van der Waals surface area contributed by atoms with E-state index in [9.17, 15) is 4.79 Å². The standard InChI is InChI=1S/C23H21BrN4O3S/c1-4-31-14-6-7-17-19(10-14)32-23(25-17)28-22-21(12(2)27-28)16(11-20(29)26-22)15-9-13(24)5-8-18(15)30-3/h5-10,16H,4,11H2,1-3H3,(H,26,29). The van der Waals surface area contributed by atoms with Crippen molar-refractivity contribution in [3.8, 4) is 16.6 Å². The fourth-order valence-corrected chi connectivity index (χ4v) is 5.50. The number of hydrogen-bond donors (Lipinski definition) is 1. The Labute approximate surface area is 197 Å². The molecule has 1 aliphatic rings. The Hall–Kier alpha value is -2.91. The average molecular weight is 513 g/mol. The number of rotatable bonds is 5. The van der Waals surface area contributed by atoms with Gasteiger partial charge in [-0.3, -0.25) is 4.79 Å². The number of nitrogens with one attached hydrogen (secondary N) is 1. The summed E-state index contributed by atoms with van der Waals surface area (Å²) >= 11 is 5.06. The molecule has 0 radical (unpaired) electrons. The lowest BCUT2D eigenvalue weighted by Crippen LogP contribution is -2.25. The number of hydrogen-bond acceptors (Lipinski definition) is 6. The molecule has 1 amide bonds. The lowest BCUT2D eigenvalue weighted by atomic mass is 9.85. The van der Waals surface area contributed by atoms with E-state index in [0.717, 1.165) is 43.0 Å². The van der Waals surface area contributed by atoms with Crippen LogP contribution in [0, 0.1) is 6.92 Å². The Morgan fingerprint density at radius 2 is 2.12 bits per heavy atom. The first-order chi connectivity index (χ1) is 15.5. The van der Waals surface area contributed by atoms with Crippen molar-refractivity contribution in [2.75, 3.05) is 19.0 Å². The number of fused-ring (bicyclic) bond motifs is 2. The van der Waals surface area contributed by atoms with E-state index < -0.39 is 0 Å². The maximum Gasteiger partial charge on any atom is 0.226 e. The van der Waals surface area contributed by atoms with E-state index >= 15 is 0 Å². The molecule has 5 rings (SSSR count). The largest absolute Gasteiger partial charge is 0.496 e. The van der Waals surface area contributed by atoms with Crippen LogP contribution in [-0.4, -0.2) is 34.4 Å². The quantitative estimate of drug-likeness (QED) is 0.385.